The topological polar surface area (TPSA) is 49.8 Å². The van der Waals surface area contributed by atoms with Crippen LogP contribution in [-0.2, 0) is 4.74 Å². The number of carbonyl (C=O) groups is 1. The predicted octanol–water partition coefficient (Wildman–Crippen LogP) is 1.70. The number of hydrogen-bond donors (Lipinski definition) is 1. The molecule has 0 aliphatic carbocycles. The van der Waals surface area contributed by atoms with Crippen LogP contribution in [0, 0.1) is 5.82 Å². The van der Waals surface area contributed by atoms with Gasteiger partial charge in [-0.2, -0.15) is 0 Å². The lowest BCUT2D eigenvalue weighted by Gasteiger charge is -2.21. The van der Waals surface area contributed by atoms with Gasteiger partial charge in [-0.1, -0.05) is 12.1 Å². The zero-order chi connectivity index (χ0) is 12.3. The van der Waals surface area contributed by atoms with Crippen LogP contribution in [0.5, 0.6) is 0 Å². The largest absolute Gasteiger partial charge is 0.447 e. The number of aliphatic hydroxyl groups excluding tert-OH is 1. The molecule has 1 atom stereocenters. The zero-order valence-electron chi connectivity index (χ0n) is 9.30. The Morgan fingerprint density at radius 2 is 2.12 bits per heavy atom. The van der Waals surface area contributed by atoms with E-state index in [1.165, 1.54) is 12.1 Å². The molecule has 5 heteroatoms. The summed E-state index contributed by atoms with van der Waals surface area (Å²) in [6.07, 6.45) is 0.125. The van der Waals surface area contributed by atoms with Gasteiger partial charge in [0, 0.05) is 13.2 Å². The van der Waals surface area contributed by atoms with Crippen molar-refractivity contribution in [2.45, 2.75) is 12.5 Å². The Balaban J connectivity index is 2.13. The Morgan fingerprint density at radius 1 is 1.41 bits per heavy atom. The molecule has 1 saturated heterocycles. The van der Waals surface area contributed by atoms with Gasteiger partial charge in [-0.25, -0.2) is 9.18 Å². The molecule has 1 aromatic rings. The lowest BCUT2D eigenvalue weighted by Crippen LogP contribution is -2.29. The third-order valence-electron chi connectivity index (χ3n) is 2.79. The summed E-state index contributed by atoms with van der Waals surface area (Å²) in [4.78, 5) is 13.0. The highest BCUT2D eigenvalue weighted by atomic mass is 19.1. The van der Waals surface area contributed by atoms with Gasteiger partial charge in [0.05, 0.1) is 6.04 Å². The molecule has 1 fully saturated rings. The SMILES string of the molecule is O=C1OCC(c2ccc(F)cc2)N1CCCO. The van der Waals surface area contributed by atoms with Crippen LogP contribution >= 0.6 is 0 Å². The van der Waals surface area contributed by atoms with Crippen molar-refractivity contribution in [3.8, 4) is 0 Å². The maximum atomic E-state index is 12.8. The monoisotopic (exact) mass is 239 g/mol. The van der Waals surface area contributed by atoms with Crippen molar-refractivity contribution in [2.24, 2.45) is 0 Å². The Morgan fingerprint density at radius 3 is 2.76 bits per heavy atom. The molecule has 0 radical (unpaired) electrons. The van der Waals surface area contributed by atoms with E-state index < -0.39 is 0 Å². The van der Waals surface area contributed by atoms with Gasteiger partial charge in [-0.15, -0.1) is 0 Å². The van der Waals surface area contributed by atoms with Crippen LogP contribution in [0.25, 0.3) is 0 Å². The van der Waals surface area contributed by atoms with Crippen molar-refractivity contribution in [3.05, 3.63) is 35.6 Å². The average molecular weight is 239 g/mol. The number of ether oxygens (including phenoxy) is 1. The Hall–Kier alpha value is -1.62. The molecule has 1 N–H and O–H groups in total. The Bertz CT molecular complexity index is 393. The van der Waals surface area contributed by atoms with E-state index in [-0.39, 0.29) is 31.2 Å². The zero-order valence-corrected chi connectivity index (χ0v) is 9.30. The normalized spacial score (nSPS) is 19.5. The van der Waals surface area contributed by atoms with Crippen molar-refractivity contribution >= 4 is 6.09 Å². The van der Waals surface area contributed by atoms with Gasteiger partial charge >= 0.3 is 6.09 Å². The summed E-state index contributed by atoms with van der Waals surface area (Å²) < 4.78 is 17.8. The van der Waals surface area contributed by atoms with E-state index in [1.54, 1.807) is 17.0 Å². The minimum absolute atomic E-state index is 0.0277. The van der Waals surface area contributed by atoms with Gasteiger partial charge in [0.1, 0.15) is 12.4 Å². The Labute approximate surface area is 98.6 Å². The minimum atomic E-state index is -0.382. The van der Waals surface area contributed by atoms with Crippen LogP contribution in [0.1, 0.15) is 18.0 Å². The summed E-state index contributed by atoms with van der Waals surface area (Å²) in [6.45, 7) is 0.743. The highest BCUT2D eigenvalue weighted by Gasteiger charge is 2.33. The van der Waals surface area contributed by atoms with Crippen molar-refractivity contribution in [2.75, 3.05) is 19.8 Å². The lowest BCUT2D eigenvalue weighted by atomic mass is 10.1. The number of hydrogen-bond acceptors (Lipinski definition) is 3. The minimum Gasteiger partial charge on any atom is -0.447 e. The fraction of sp³-hybridized carbons (Fsp3) is 0.417. The van der Waals surface area contributed by atoms with Crippen LogP contribution in [-0.4, -0.2) is 35.9 Å². The van der Waals surface area contributed by atoms with Crippen LogP contribution < -0.4 is 0 Å². The summed E-state index contributed by atoms with van der Waals surface area (Å²) in [5.41, 5.74) is 0.843. The third-order valence-corrected chi connectivity index (χ3v) is 2.79. The highest BCUT2D eigenvalue weighted by Crippen LogP contribution is 2.27. The molecular formula is C12H14FNO3. The van der Waals surface area contributed by atoms with Crippen LogP contribution in [0.3, 0.4) is 0 Å². The molecule has 1 unspecified atom stereocenters. The van der Waals surface area contributed by atoms with E-state index in [2.05, 4.69) is 0 Å². The fourth-order valence-corrected chi connectivity index (χ4v) is 1.90. The summed E-state index contributed by atoms with van der Waals surface area (Å²) in [5, 5.41) is 8.78. The molecule has 2 rings (SSSR count). The number of carbonyl (C=O) groups excluding carboxylic acids is 1. The van der Waals surface area contributed by atoms with Gasteiger partial charge in [-0.3, -0.25) is 4.90 Å². The number of amides is 1. The quantitative estimate of drug-likeness (QED) is 0.870. The lowest BCUT2D eigenvalue weighted by molar-refractivity contribution is 0.154. The van der Waals surface area contributed by atoms with Crippen LogP contribution in [0.4, 0.5) is 9.18 Å². The molecule has 1 aliphatic heterocycles. The summed E-state index contributed by atoms with van der Waals surface area (Å²) in [6, 6.07) is 5.83. The van der Waals surface area contributed by atoms with Gasteiger partial charge < -0.3 is 9.84 Å². The molecule has 0 bridgehead atoms. The maximum Gasteiger partial charge on any atom is 0.410 e. The van der Waals surface area contributed by atoms with Gasteiger partial charge in [0.15, 0.2) is 0 Å². The van der Waals surface area contributed by atoms with Crippen molar-refractivity contribution < 1.29 is 19.0 Å². The first-order valence-electron chi connectivity index (χ1n) is 5.52. The van der Waals surface area contributed by atoms with E-state index >= 15 is 0 Å². The number of nitrogens with zero attached hydrogens (tertiary/aromatic N) is 1. The van der Waals surface area contributed by atoms with Crippen LogP contribution in [0.15, 0.2) is 24.3 Å². The molecule has 0 saturated carbocycles. The standard InChI is InChI=1S/C12H14FNO3/c13-10-4-2-9(3-5-10)11-8-17-12(16)14(11)6-1-7-15/h2-5,11,15H,1,6-8H2. The number of cyclic esters (lactones) is 1. The number of benzene rings is 1. The molecule has 4 nitrogen and oxygen atoms in total. The molecule has 1 amide bonds. The Kier molecular flexibility index (Phi) is 3.58. The van der Waals surface area contributed by atoms with Gasteiger partial charge in [0.2, 0.25) is 0 Å². The van der Waals surface area contributed by atoms with Gasteiger partial charge in [0.25, 0.3) is 0 Å². The first-order valence-corrected chi connectivity index (χ1v) is 5.52. The van der Waals surface area contributed by atoms with Crippen LogP contribution in [0.2, 0.25) is 0 Å². The number of rotatable bonds is 4. The van der Waals surface area contributed by atoms with Crippen molar-refractivity contribution in [1.82, 2.24) is 4.90 Å². The molecule has 17 heavy (non-hydrogen) atoms. The first-order chi connectivity index (χ1) is 8.22. The molecule has 1 aromatic carbocycles. The fourth-order valence-electron chi connectivity index (χ4n) is 1.90. The van der Waals surface area contributed by atoms with E-state index in [0.29, 0.717) is 13.0 Å². The van der Waals surface area contributed by atoms with Crippen molar-refractivity contribution in [3.63, 3.8) is 0 Å². The smallest absolute Gasteiger partial charge is 0.410 e. The molecule has 0 spiro atoms. The maximum absolute atomic E-state index is 12.8. The van der Waals surface area contributed by atoms with E-state index in [9.17, 15) is 9.18 Å². The van der Waals surface area contributed by atoms with Crippen molar-refractivity contribution in [1.29, 1.82) is 0 Å². The molecular weight excluding hydrogens is 225 g/mol. The molecule has 92 valence electrons. The average Bonchev–Trinajstić information content (AvgIpc) is 2.69. The second-order valence-corrected chi connectivity index (χ2v) is 3.91. The molecule has 1 aliphatic rings. The van der Waals surface area contributed by atoms with E-state index in [4.69, 9.17) is 9.84 Å². The first kappa shape index (κ1) is 11.9. The van der Waals surface area contributed by atoms with E-state index in [1.807, 2.05) is 0 Å². The highest BCUT2D eigenvalue weighted by molar-refractivity contribution is 5.70. The summed E-state index contributed by atoms with van der Waals surface area (Å²) in [5.74, 6) is -0.305. The number of halogens is 1. The third kappa shape index (κ3) is 2.55. The van der Waals surface area contributed by atoms with Gasteiger partial charge in [-0.05, 0) is 24.1 Å². The second-order valence-electron chi connectivity index (χ2n) is 3.91. The number of aliphatic hydroxyl groups is 1. The summed E-state index contributed by atoms with van der Waals surface area (Å²) >= 11 is 0. The predicted molar refractivity (Wildman–Crippen MR) is 58.9 cm³/mol. The van der Waals surface area contributed by atoms with E-state index in [0.717, 1.165) is 5.56 Å². The summed E-state index contributed by atoms with van der Waals surface area (Å²) in [7, 11) is 0. The molecule has 1 heterocycles. The molecule has 0 aromatic heterocycles. The second kappa shape index (κ2) is 5.14.